The van der Waals surface area contributed by atoms with E-state index in [4.69, 9.17) is 4.74 Å². The smallest absolute Gasteiger partial charge is 0.0493 e. The molecule has 0 radical (unpaired) electrons. The van der Waals surface area contributed by atoms with Crippen molar-refractivity contribution >= 4 is 0 Å². The van der Waals surface area contributed by atoms with Gasteiger partial charge in [0.2, 0.25) is 0 Å². The van der Waals surface area contributed by atoms with E-state index in [-0.39, 0.29) is 5.54 Å². The van der Waals surface area contributed by atoms with Crippen molar-refractivity contribution in [3.8, 4) is 0 Å². The summed E-state index contributed by atoms with van der Waals surface area (Å²) < 4.78 is 5.35. The van der Waals surface area contributed by atoms with Gasteiger partial charge in [0, 0.05) is 25.8 Å². The van der Waals surface area contributed by atoms with Crippen molar-refractivity contribution in [1.29, 1.82) is 0 Å². The zero-order chi connectivity index (χ0) is 12.2. The molecule has 1 unspecified atom stereocenters. The fourth-order valence-corrected chi connectivity index (χ4v) is 2.79. The van der Waals surface area contributed by atoms with Crippen molar-refractivity contribution in [2.45, 2.75) is 58.9 Å². The van der Waals surface area contributed by atoms with E-state index in [2.05, 4.69) is 33.0 Å². The Morgan fingerprint density at radius 3 is 2.25 bits per heavy atom. The first-order valence-corrected chi connectivity index (χ1v) is 6.64. The lowest BCUT2D eigenvalue weighted by atomic mass is 9.74. The number of hydrogen-bond acceptors (Lipinski definition) is 2. The summed E-state index contributed by atoms with van der Waals surface area (Å²) in [7, 11) is 1.82. The van der Waals surface area contributed by atoms with Crippen LogP contribution in [0.15, 0.2) is 0 Å². The van der Waals surface area contributed by atoms with Crippen LogP contribution in [0.25, 0.3) is 0 Å². The molecule has 1 N–H and O–H groups in total. The first-order chi connectivity index (χ1) is 7.40. The Balaban J connectivity index is 2.58. The van der Waals surface area contributed by atoms with Gasteiger partial charge in [-0.3, -0.25) is 0 Å². The molecule has 0 aromatic carbocycles. The molecule has 0 bridgehead atoms. The molecular weight excluding hydrogens is 198 g/mol. The minimum atomic E-state index is 0.225. The predicted octanol–water partition coefficient (Wildman–Crippen LogP) is 3.22. The van der Waals surface area contributed by atoms with Crippen molar-refractivity contribution in [2.75, 3.05) is 20.3 Å². The predicted molar refractivity (Wildman–Crippen MR) is 69.7 cm³/mol. The molecule has 0 aromatic rings. The molecule has 1 saturated carbocycles. The Hall–Kier alpha value is -0.0800. The van der Waals surface area contributed by atoms with Crippen LogP contribution >= 0.6 is 0 Å². The maximum absolute atomic E-state index is 5.35. The van der Waals surface area contributed by atoms with Crippen molar-refractivity contribution in [3.05, 3.63) is 0 Å². The number of methoxy groups -OCH3 is 1. The van der Waals surface area contributed by atoms with Gasteiger partial charge < -0.3 is 10.1 Å². The van der Waals surface area contributed by atoms with Crippen LogP contribution in [0, 0.1) is 11.3 Å². The van der Waals surface area contributed by atoms with Crippen molar-refractivity contribution in [3.63, 3.8) is 0 Å². The first-order valence-electron chi connectivity index (χ1n) is 6.64. The molecule has 0 saturated heterocycles. The second-order valence-electron chi connectivity index (χ2n) is 6.53. The van der Waals surface area contributed by atoms with Crippen LogP contribution in [-0.4, -0.2) is 25.8 Å². The summed E-state index contributed by atoms with van der Waals surface area (Å²) in [6.45, 7) is 11.1. The Morgan fingerprint density at radius 1 is 1.25 bits per heavy atom. The quantitative estimate of drug-likeness (QED) is 0.778. The van der Waals surface area contributed by atoms with E-state index in [0.29, 0.717) is 11.3 Å². The number of nitrogens with one attached hydrogen (secondary N) is 1. The van der Waals surface area contributed by atoms with Gasteiger partial charge in [0.25, 0.3) is 0 Å². The molecule has 16 heavy (non-hydrogen) atoms. The lowest BCUT2D eigenvalue weighted by molar-refractivity contribution is 0.0677. The number of rotatable bonds is 5. The minimum absolute atomic E-state index is 0.225. The monoisotopic (exact) mass is 227 g/mol. The highest BCUT2D eigenvalue weighted by atomic mass is 16.5. The molecule has 0 amide bonds. The van der Waals surface area contributed by atoms with Crippen molar-refractivity contribution in [2.24, 2.45) is 11.3 Å². The van der Waals surface area contributed by atoms with E-state index in [1.54, 1.807) is 0 Å². The molecule has 0 heterocycles. The van der Waals surface area contributed by atoms with E-state index in [1.807, 2.05) is 7.11 Å². The zero-order valence-corrected chi connectivity index (χ0v) is 11.7. The molecule has 1 aliphatic rings. The van der Waals surface area contributed by atoms with E-state index in [1.165, 1.54) is 25.7 Å². The summed E-state index contributed by atoms with van der Waals surface area (Å²) in [4.78, 5) is 0. The molecule has 2 nitrogen and oxygen atoms in total. The average molecular weight is 227 g/mol. The highest BCUT2D eigenvalue weighted by molar-refractivity contribution is 4.92. The highest BCUT2D eigenvalue weighted by Gasteiger charge is 2.39. The van der Waals surface area contributed by atoms with Crippen LogP contribution in [0.2, 0.25) is 0 Å². The van der Waals surface area contributed by atoms with Gasteiger partial charge in [-0.2, -0.15) is 0 Å². The van der Waals surface area contributed by atoms with Crippen LogP contribution in [0.4, 0.5) is 0 Å². The lowest BCUT2D eigenvalue weighted by Gasteiger charge is -2.38. The van der Waals surface area contributed by atoms with Crippen molar-refractivity contribution in [1.82, 2.24) is 5.32 Å². The SMILES string of the molecule is COCC(C)C1(CNC(C)(C)C)CCCC1. The number of hydrogen-bond donors (Lipinski definition) is 1. The second kappa shape index (κ2) is 5.50. The molecule has 0 aliphatic heterocycles. The lowest BCUT2D eigenvalue weighted by Crippen LogP contribution is -2.46. The molecule has 0 aromatic heterocycles. The molecule has 2 heteroatoms. The third-order valence-corrected chi connectivity index (χ3v) is 4.03. The van der Waals surface area contributed by atoms with Crippen molar-refractivity contribution < 1.29 is 4.74 Å². The molecule has 1 atom stereocenters. The van der Waals surface area contributed by atoms with Gasteiger partial charge in [-0.15, -0.1) is 0 Å². The summed E-state index contributed by atoms with van der Waals surface area (Å²) in [5, 5.41) is 3.69. The van der Waals surface area contributed by atoms with E-state index in [0.717, 1.165) is 13.2 Å². The third kappa shape index (κ3) is 3.74. The Bertz CT molecular complexity index is 201. The fourth-order valence-electron chi connectivity index (χ4n) is 2.79. The van der Waals surface area contributed by atoms with Gasteiger partial charge in [-0.1, -0.05) is 19.8 Å². The van der Waals surface area contributed by atoms with Crippen LogP contribution in [0.5, 0.6) is 0 Å². The highest BCUT2D eigenvalue weighted by Crippen LogP contribution is 2.44. The summed E-state index contributed by atoms with van der Waals surface area (Å²) >= 11 is 0. The van der Waals surface area contributed by atoms with Gasteiger partial charge in [0.1, 0.15) is 0 Å². The second-order valence-corrected chi connectivity index (χ2v) is 6.53. The first kappa shape index (κ1) is 14.0. The molecule has 1 rings (SSSR count). The molecule has 1 fully saturated rings. The standard InChI is InChI=1S/C14H29NO/c1-12(10-16-5)14(8-6-7-9-14)11-15-13(2,3)4/h12,15H,6-11H2,1-5H3. The summed E-state index contributed by atoms with van der Waals surface area (Å²) in [6, 6.07) is 0. The van der Waals surface area contributed by atoms with Gasteiger partial charge in [0.15, 0.2) is 0 Å². The fraction of sp³-hybridized carbons (Fsp3) is 1.00. The van der Waals surface area contributed by atoms with E-state index >= 15 is 0 Å². The summed E-state index contributed by atoms with van der Waals surface area (Å²) in [5.74, 6) is 0.662. The van der Waals surface area contributed by atoms with E-state index < -0.39 is 0 Å². The summed E-state index contributed by atoms with van der Waals surface area (Å²) in [6.07, 6.45) is 5.50. The molecule has 96 valence electrons. The Labute approximate surface area is 101 Å². The van der Waals surface area contributed by atoms with Gasteiger partial charge in [-0.25, -0.2) is 0 Å². The van der Waals surface area contributed by atoms with E-state index in [9.17, 15) is 0 Å². The number of ether oxygens (including phenoxy) is 1. The maximum Gasteiger partial charge on any atom is 0.0493 e. The largest absolute Gasteiger partial charge is 0.384 e. The molecule has 1 aliphatic carbocycles. The molecular formula is C14H29NO. The maximum atomic E-state index is 5.35. The molecule has 0 spiro atoms. The topological polar surface area (TPSA) is 21.3 Å². The summed E-state index contributed by atoms with van der Waals surface area (Å²) in [5.41, 5.74) is 0.700. The van der Waals surface area contributed by atoms with Gasteiger partial charge >= 0.3 is 0 Å². The normalized spacial score (nSPS) is 22.3. The Kier molecular flexibility index (Phi) is 4.81. The van der Waals surface area contributed by atoms with Crippen LogP contribution in [-0.2, 0) is 4.74 Å². The van der Waals surface area contributed by atoms with Crippen LogP contribution < -0.4 is 5.32 Å². The van der Waals surface area contributed by atoms with Crippen LogP contribution in [0.1, 0.15) is 53.4 Å². The average Bonchev–Trinajstić information content (AvgIpc) is 2.64. The third-order valence-electron chi connectivity index (χ3n) is 4.03. The minimum Gasteiger partial charge on any atom is -0.384 e. The van der Waals surface area contributed by atoms with Gasteiger partial charge in [0.05, 0.1) is 0 Å². The Morgan fingerprint density at radius 2 is 1.81 bits per heavy atom. The zero-order valence-electron chi connectivity index (χ0n) is 11.7. The van der Waals surface area contributed by atoms with Crippen LogP contribution in [0.3, 0.4) is 0 Å². The van der Waals surface area contributed by atoms with Gasteiger partial charge in [-0.05, 0) is 44.9 Å².